The van der Waals surface area contributed by atoms with Gasteiger partial charge in [0.05, 0.1) is 45.4 Å². The molecule has 0 radical (unpaired) electrons. The molecule has 0 amide bonds. The molecular weight excluding hydrogens is 264 g/mol. The molecule has 2 heterocycles. The standard InChI is InChI=1S/C14H22O6/c1-9-8-14(19-5-6-20-14)11(13-17-3-4-18-13)7-10(9)12(15)16-2/h9-11,13H,3-8H2,1-2H3/t9-,10-,11+/m1/s1. The van der Waals surface area contributed by atoms with Crippen LogP contribution in [0.3, 0.4) is 0 Å². The number of ether oxygens (including phenoxy) is 5. The van der Waals surface area contributed by atoms with E-state index in [2.05, 4.69) is 0 Å². The van der Waals surface area contributed by atoms with Gasteiger partial charge in [0.2, 0.25) is 0 Å². The van der Waals surface area contributed by atoms with Gasteiger partial charge in [0, 0.05) is 6.42 Å². The highest BCUT2D eigenvalue weighted by Gasteiger charge is 2.56. The van der Waals surface area contributed by atoms with Gasteiger partial charge in [-0.3, -0.25) is 4.79 Å². The lowest BCUT2D eigenvalue weighted by Gasteiger charge is -2.45. The molecule has 2 aliphatic heterocycles. The Morgan fingerprint density at radius 1 is 1.15 bits per heavy atom. The monoisotopic (exact) mass is 286 g/mol. The molecule has 1 spiro atoms. The largest absolute Gasteiger partial charge is 0.469 e. The quantitative estimate of drug-likeness (QED) is 0.704. The molecule has 0 N–H and O–H groups in total. The summed E-state index contributed by atoms with van der Waals surface area (Å²) in [7, 11) is 1.43. The van der Waals surface area contributed by atoms with Crippen LogP contribution in [-0.2, 0) is 28.5 Å². The first-order chi connectivity index (χ1) is 9.66. The lowest BCUT2D eigenvalue weighted by Crippen LogP contribution is -2.53. The summed E-state index contributed by atoms with van der Waals surface area (Å²) in [5, 5.41) is 0. The highest BCUT2D eigenvalue weighted by Crippen LogP contribution is 2.48. The molecule has 3 aliphatic rings. The zero-order chi connectivity index (χ0) is 14.2. The van der Waals surface area contributed by atoms with Crippen LogP contribution in [0.15, 0.2) is 0 Å². The fourth-order valence-electron chi connectivity index (χ4n) is 3.64. The Labute approximate surface area is 118 Å². The van der Waals surface area contributed by atoms with Crippen LogP contribution in [0, 0.1) is 17.8 Å². The number of carbonyl (C=O) groups is 1. The van der Waals surface area contributed by atoms with E-state index >= 15 is 0 Å². The molecule has 20 heavy (non-hydrogen) atoms. The van der Waals surface area contributed by atoms with E-state index in [4.69, 9.17) is 23.7 Å². The smallest absolute Gasteiger partial charge is 0.308 e. The Hall–Kier alpha value is -0.690. The number of hydrogen-bond donors (Lipinski definition) is 0. The average Bonchev–Trinajstić information content (AvgIpc) is 3.10. The molecule has 0 aromatic rings. The first-order valence-corrected chi connectivity index (χ1v) is 7.25. The van der Waals surface area contributed by atoms with Crippen molar-refractivity contribution in [2.75, 3.05) is 33.5 Å². The van der Waals surface area contributed by atoms with Crippen LogP contribution in [0.1, 0.15) is 19.8 Å². The van der Waals surface area contributed by atoms with Gasteiger partial charge in [0.15, 0.2) is 12.1 Å². The topological polar surface area (TPSA) is 63.2 Å². The SMILES string of the molecule is COC(=O)[C@@H]1C[C@@H](C2OCCO2)C2(C[C@H]1C)OCCO2. The summed E-state index contributed by atoms with van der Waals surface area (Å²) in [5.74, 6) is -0.936. The summed E-state index contributed by atoms with van der Waals surface area (Å²) in [6.45, 7) is 4.37. The normalized spacial score (nSPS) is 37.4. The number of hydrogen-bond acceptors (Lipinski definition) is 6. The predicted octanol–water partition coefficient (Wildman–Crippen LogP) is 0.938. The van der Waals surface area contributed by atoms with Crippen LogP contribution in [0.4, 0.5) is 0 Å². The van der Waals surface area contributed by atoms with Gasteiger partial charge in [-0.05, 0) is 12.3 Å². The number of methoxy groups -OCH3 is 1. The van der Waals surface area contributed by atoms with E-state index in [1.165, 1.54) is 7.11 Å². The lowest BCUT2D eigenvalue weighted by atomic mass is 9.70. The van der Waals surface area contributed by atoms with Crippen molar-refractivity contribution < 1.29 is 28.5 Å². The summed E-state index contributed by atoms with van der Waals surface area (Å²) < 4.78 is 28.0. The minimum Gasteiger partial charge on any atom is -0.469 e. The van der Waals surface area contributed by atoms with Crippen molar-refractivity contribution in [2.24, 2.45) is 17.8 Å². The summed E-state index contributed by atoms with van der Waals surface area (Å²) in [4.78, 5) is 12.0. The Morgan fingerprint density at radius 3 is 2.40 bits per heavy atom. The van der Waals surface area contributed by atoms with Crippen LogP contribution >= 0.6 is 0 Å². The van der Waals surface area contributed by atoms with E-state index < -0.39 is 5.79 Å². The van der Waals surface area contributed by atoms with Crippen molar-refractivity contribution >= 4 is 5.97 Å². The van der Waals surface area contributed by atoms with Crippen LogP contribution in [0.25, 0.3) is 0 Å². The van der Waals surface area contributed by atoms with E-state index in [1.54, 1.807) is 0 Å². The molecule has 3 atom stereocenters. The molecule has 6 heteroatoms. The fourth-order valence-corrected chi connectivity index (χ4v) is 3.64. The van der Waals surface area contributed by atoms with Gasteiger partial charge >= 0.3 is 5.97 Å². The second-order valence-corrected chi connectivity index (χ2v) is 5.77. The van der Waals surface area contributed by atoms with Crippen LogP contribution in [-0.4, -0.2) is 51.6 Å². The number of esters is 1. The maximum atomic E-state index is 12.0. The lowest BCUT2D eigenvalue weighted by molar-refractivity contribution is -0.274. The predicted molar refractivity (Wildman–Crippen MR) is 67.7 cm³/mol. The van der Waals surface area contributed by atoms with Crippen LogP contribution < -0.4 is 0 Å². The summed E-state index contributed by atoms with van der Waals surface area (Å²) in [6.07, 6.45) is 0.923. The zero-order valence-electron chi connectivity index (χ0n) is 12.0. The second kappa shape index (κ2) is 5.60. The van der Waals surface area contributed by atoms with Crippen molar-refractivity contribution in [3.63, 3.8) is 0 Å². The van der Waals surface area contributed by atoms with E-state index in [9.17, 15) is 4.79 Å². The van der Waals surface area contributed by atoms with Crippen molar-refractivity contribution in [1.82, 2.24) is 0 Å². The van der Waals surface area contributed by atoms with Crippen molar-refractivity contribution in [3.05, 3.63) is 0 Å². The molecule has 0 unspecified atom stereocenters. The molecule has 1 aliphatic carbocycles. The maximum absolute atomic E-state index is 12.0. The zero-order valence-corrected chi connectivity index (χ0v) is 12.0. The van der Waals surface area contributed by atoms with Gasteiger partial charge in [-0.1, -0.05) is 6.92 Å². The number of rotatable bonds is 2. The molecule has 114 valence electrons. The van der Waals surface area contributed by atoms with Crippen molar-refractivity contribution in [2.45, 2.75) is 31.8 Å². The molecule has 0 aromatic heterocycles. The molecule has 3 fully saturated rings. The molecule has 3 rings (SSSR count). The maximum Gasteiger partial charge on any atom is 0.308 e. The van der Waals surface area contributed by atoms with Crippen molar-refractivity contribution in [3.8, 4) is 0 Å². The first-order valence-electron chi connectivity index (χ1n) is 7.25. The first kappa shape index (κ1) is 14.3. The third-order valence-electron chi connectivity index (χ3n) is 4.62. The van der Waals surface area contributed by atoms with E-state index in [0.29, 0.717) is 39.3 Å². The fraction of sp³-hybridized carbons (Fsp3) is 0.929. The molecule has 2 saturated heterocycles. The van der Waals surface area contributed by atoms with Gasteiger partial charge in [-0.25, -0.2) is 0 Å². The highest BCUT2D eigenvalue weighted by atomic mass is 16.8. The van der Waals surface area contributed by atoms with Gasteiger partial charge in [-0.2, -0.15) is 0 Å². The summed E-state index contributed by atoms with van der Waals surface area (Å²) in [5.41, 5.74) is 0. The van der Waals surface area contributed by atoms with Gasteiger partial charge < -0.3 is 23.7 Å². The van der Waals surface area contributed by atoms with Gasteiger partial charge in [-0.15, -0.1) is 0 Å². The number of carbonyl (C=O) groups excluding carboxylic acids is 1. The van der Waals surface area contributed by atoms with Gasteiger partial charge in [0.25, 0.3) is 0 Å². The van der Waals surface area contributed by atoms with E-state index in [1.807, 2.05) is 6.92 Å². The summed E-state index contributed by atoms with van der Waals surface area (Å²) >= 11 is 0. The Morgan fingerprint density at radius 2 is 1.80 bits per heavy atom. The third kappa shape index (κ3) is 2.35. The summed E-state index contributed by atoms with van der Waals surface area (Å²) in [6, 6.07) is 0. The molecule has 0 bridgehead atoms. The molecule has 0 aromatic carbocycles. The van der Waals surface area contributed by atoms with Crippen LogP contribution in [0.2, 0.25) is 0 Å². The third-order valence-corrected chi connectivity index (χ3v) is 4.62. The molecule has 1 saturated carbocycles. The second-order valence-electron chi connectivity index (χ2n) is 5.77. The molecule has 6 nitrogen and oxygen atoms in total. The van der Waals surface area contributed by atoms with E-state index in [0.717, 1.165) is 0 Å². The average molecular weight is 286 g/mol. The minimum atomic E-state index is -0.668. The Bertz CT molecular complexity index is 359. The van der Waals surface area contributed by atoms with E-state index in [-0.39, 0.29) is 30.0 Å². The Balaban J connectivity index is 1.82. The van der Waals surface area contributed by atoms with Crippen LogP contribution in [0.5, 0.6) is 0 Å². The minimum absolute atomic E-state index is 0.0900. The molecular formula is C14H22O6. The Kier molecular flexibility index (Phi) is 3.99. The highest BCUT2D eigenvalue weighted by molar-refractivity contribution is 5.72. The van der Waals surface area contributed by atoms with Crippen molar-refractivity contribution in [1.29, 1.82) is 0 Å². The van der Waals surface area contributed by atoms with Gasteiger partial charge in [0.1, 0.15) is 0 Å².